The first-order valence-electron chi connectivity index (χ1n) is 12.2. The Bertz CT molecular complexity index is 1270. The third-order valence-electron chi connectivity index (χ3n) is 6.46. The molecule has 0 radical (unpaired) electrons. The van der Waals surface area contributed by atoms with Crippen LogP contribution in [0.2, 0.25) is 5.02 Å². The molecule has 10 heteroatoms. The molecule has 0 aliphatic heterocycles. The summed E-state index contributed by atoms with van der Waals surface area (Å²) in [5.41, 5.74) is 1.84. The molecule has 3 N–H and O–H groups in total. The van der Waals surface area contributed by atoms with Gasteiger partial charge in [0, 0.05) is 53.8 Å². The average Bonchev–Trinajstić information content (AvgIpc) is 2.90. The summed E-state index contributed by atoms with van der Waals surface area (Å²) in [5, 5.41) is 14.4. The molecule has 0 aliphatic rings. The Morgan fingerprint density at radius 2 is 1.89 bits per heavy atom. The topological polar surface area (TPSA) is 96.4 Å². The standard InChI is InChI=1S/C27H35ClFN5O3/c1-6-34(7-2)11-10-33(4)12-13-37-23-15-21(29)25-24(27(23)36-5)19(17(3)32-30)16-31-26(25)18-8-9-22(35)20(28)14-18/h8-9,14-16,35H,6-7,10-13,30H2,1-5H3/b32-17-. The van der Waals surface area contributed by atoms with Crippen LogP contribution in [0.3, 0.4) is 0 Å². The zero-order valence-corrected chi connectivity index (χ0v) is 22.8. The minimum atomic E-state index is -0.543. The summed E-state index contributed by atoms with van der Waals surface area (Å²) in [5.74, 6) is 5.58. The van der Waals surface area contributed by atoms with Gasteiger partial charge in [0.05, 0.1) is 23.5 Å². The van der Waals surface area contributed by atoms with Crippen LogP contribution in [0.15, 0.2) is 35.6 Å². The number of hydrazone groups is 1. The lowest BCUT2D eigenvalue weighted by molar-refractivity contribution is 0.203. The molecule has 3 rings (SSSR count). The van der Waals surface area contributed by atoms with Gasteiger partial charge >= 0.3 is 0 Å². The monoisotopic (exact) mass is 531 g/mol. The molecule has 0 saturated carbocycles. The van der Waals surface area contributed by atoms with E-state index in [9.17, 15) is 5.11 Å². The van der Waals surface area contributed by atoms with Crippen molar-refractivity contribution in [3.8, 4) is 28.5 Å². The molecule has 1 aromatic heterocycles. The molecular formula is C27H35ClFN5O3. The molecule has 0 saturated heterocycles. The Morgan fingerprint density at radius 1 is 1.16 bits per heavy atom. The summed E-state index contributed by atoms with van der Waals surface area (Å²) in [4.78, 5) is 9.03. The predicted molar refractivity (Wildman–Crippen MR) is 148 cm³/mol. The molecule has 0 aliphatic carbocycles. The number of rotatable bonds is 12. The average molecular weight is 532 g/mol. The molecule has 8 nitrogen and oxygen atoms in total. The number of benzene rings is 2. The Morgan fingerprint density at radius 3 is 2.51 bits per heavy atom. The van der Waals surface area contributed by atoms with Crippen LogP contribution in [0.1, 0.15) is 26.3 Å². The minimum absolute atomic E-state index is 0.0757. The molecule has 0 unspecified atom stereocenters. The molecule has 0 bridgehead atoms. The maximum absolute atomic E-state index is 15.8. The second kappa shape index (κ2) is 12.9. The summed E-state index contributed by atoms with van der Waals surface area (Å²) >= 11 is 6.12. The van der Waals surface area contributed by atoms with Crippen LogP contribution in [-0.4, -0.2) is 79.1 Å². The van der Waals surface area contributed by atoms with Crippen LogP contribution < -0.4 is 15.3 Å². The van der Waals surface area contributed by atoms with Gasteiger partial charge in [0.2, 0.25) is 0 Å². The Kier molecular flexibility index (Phi) is 9.91. The highest BCUT2D eigenvalue weighted by Gasteiger charge is 2.23. The molecule has 1 heterocycles. The van der Waals surface area contributed by atoms with Gasteiger partial charge < -0.3 is 30.2 Å². The highest BCUT2D eigenvalue weighted by atomic mass is 35.5. The van der Waals surface area contributed by atoms with Crippen LogP contribution in [0.4, 0.5) is 4.39 Å². The Hall–Kier alpha value is -3.14. The number of hydrogen-bond donors (Lipinski definition) is 2. The number of aromatic nitrogens is 1. The van der Waals surface area contributed by atoms with Crippen LogP contribution in [0, 0.1) is 5.82 Å². The highest BCUT2D eigenvalue weighted by molar-refractivity contribution is 6.32. The SMILES string of the molecule is CCN(CC)CCN(C)CCOc1cc(F)c2c(-c3ccc(O)c(Cl)c3)ncc(/C(C)=N\N)c2c1OC. The molecule has 3 aromatic rings. The fraction of sp³-hybridized carbons (Fsp3) is 0.407. The fourth-order valence-electron chi connectivity index (χ4n) is 4.16. The number of fused-ring (bicyclic) bond motifs is 1. The maximum atomic E-state index is 15.8. The van der Waals surface area contributed by atoms with Crippen molar-refractivity contribution in [3.63, 3.8) is 0 Å². The van der Waals surface area contributed by atoms with Crippen LogP contribution in [-0.2, 0) is 0 Å². The van der Waals surface area contributed by atoms with E-state index < -0.39 is 5.82 Å². The summed E-state index contributed by atoms with van der Waals surface area (Å²) in [6, 6.07) is 5.90. The third kappa shape index (κ3) is 6.41. The van der Waals surface area contributed by atoms with Gasteiger partial charge in [0.15, 0.2) is 11.5 Å². The Labute approximate surface area is 222 Å². The number of pyridine rings is 1. The van der Waals surface area contributed by atoms with Gasteiger partial charge in [-0.15, -0.1) is 0 Å². The summed E-state index contributed by atoms with van der Waals surface area (Å²) in [7, 11) is 3.54. The maximum Gasteiger partial charge on any atom is 0.169 e. The molecule has 0 atom stereocenters. The number of nitrogens with two attached hydrogens (primary N) is 1. The van der Waals surface area contributed by atoms with E-state index in [2.05, 4.69) is 33.7 Å². The largest absolute Gasteiger partial charge is 0.506 e. The van der Waals surface area contributed by atoms with Crippen LogP contribution >= 0.6 is 11.6 Å². The van der Waals surface area contributed by atoms with E-state index in [4.69, 9.17) is 26.9 Å². The first-order valence-corrected chi connectivity index (χ1v) is 12.6. The van der Waals surface area contributed by atoms with Gasteiger partial charge in [-0.3, -0.25) is 4.98 Å². The molecule has 37 heavy (non-hydrogen) atoms. The first-order chi connectivity index (χ1) is 17.7. The quantitative estimate of drug-likeness (QED) is 0.198. The molecule has 0 fully saturated rings. The first kappa shape index (κ1) is 28.4. The summed E-state index contributed by atoms with van der Waals surface area (Å²) in [6.45, 7) is 10.9. The number of halogens is 2. The second-order valence-corrected chi connectivity index (χ2v) is 9.13. The van der Waals surface area contributed by atoms with Gasteiger partial charge in [0.1, 0.15) is 18.2 Å². The van der Waals surface area contributed by atoms with Crippen molar-refractivity contribution in [1.82, 2.24) is 14.8 Å². The van der Waals surface area contributed by atoms with Crippen molar-refractivity contribution in [3.05, 3.63) is 46.9 Å². The zero-order valence-electron chi connectivity index (χ0n) is 22.0. The van der Waals surface area contributed by atoms with Crippen molar-refractivity contribution < 1.29 is 19.0 Å². The van der Waals surface area contributed by atoms with Gasteiger partial charge in [0.25, 0.3) is 0 Å². The smallest absolute Gasteiger partial charge is 0.169 e. The molecule has 0 amide bonds. The number of methoxy groups -OCH3 is 1. The van der Waals surface area contributed by atoms with E-state index in [1.54, 1.807) is 19.2 Å². The third-order valence-corrected chi connectivity index (χ3v) is 6.76. The zero-order chi connectivity index (χ0) is 27.1. The minimum Gasteiger partial charge on any atom is -0.506 e. The van der Waals surface area contributed by atoms with Crippen molar-refractivity contribution in [1.29, 1.82) is 0 Å². The van der Waals surface area contributed by atoms with E-state index in [1.165, 1.54) is 25.3 Å². The van der Waals surface area contributed by atoms with Gasteiger partial charge in [-0.1, -0.05) is 25.4 Å². The summed E-state index contributed by atoms with van der Waals surface area (Å²) in [6.07, 6.45) is 1.57. The van der Waals surface area contributed by atoms with Gasteiger partial charge in [-0.2, -0.15) is 5.10 Å². The lowest BCUT2D eigenvalue weighted by Gasteiger charge is -2.23. The number of hydrogen-bond acceptors (Lipinski definition) is 8. The molecular weight excluding hydrogens is 497 g/mol. The number of phenols is 1. The van der Waals surface area contributed by atoms with E-state index in [0.29, 0.717) is 46.8 Å². The van der Waals surface area contributed by atoms with Crippen molar-refractivity contribution >= 4 is 28.1 Å². The van der Waals surface area contributed by atoms with Gasteiger partial charge in [-0.05, 0) is 45.3 Å². The molecule has 2 aromatic carbocycles. The molecule has 200 valence electrons. The van der Waals surface area contributed by atoms with E-state index >= 15 is 4.39 Å². The number of nitrogens with zero attached hydrogens (tertiary/aromatic N) is 4. The van der Waals surface area contributed by atoms with Crippen molar-refractivity contribution in [2.24, 2.45) is 10.9 Å². The predicted octanol–water partition coefficient (Wildman–Crippen LogP) is 4.74. The molecule has 0 spiro atoms. The highest BCUT2D eigenvalue weighted by Crippen LogP contribution is 2.43. The second-order valence-electron chi connectivity index (χ2n) is 8.72. The van der Waals surface area contributed by atoms with E-state index in [0.717, 1.165) is 26.2 Å². The van der Waals surface area contributed by atoms with Gasteiger partial charge in [-0.25, -0.2) is 4.39 Å². The van der Waals surface area contributed by atoms with Crippen LogP contribution in [0.5, 0.6) is 17.2 Å². The Balaban J connectivity index is 2.02. The fourth-order valence-corrected chi connectivity index (χ4v) is 4.34. The lowest BCUT2D eigenvalue weighted by Crippen LogP contribution is -2.34. The number of phenolic OH excluding ortho intramolecular Hbond substituents is 1. The normalized spacial score (nSPS) is 12.1. The lowest BCUT2D eigenvalue weighted by atomic mass is 9.97. The van der Waals surface area contributed by atoms with Crippen LogP contribution in [0.25, 0.3) is 22.0 Å². The number of aromatic hydroxyl groups is 1. The summed E-state index contributed by atoms with van der Waals surface area (Å²) < 4.78 is 27.5. The van der Waals surface area contributed by atoms with E-state index in [1.807, 2.05) is 7.05 Å². The van der Waals surface area contributed by atoms with E-state index in [-0.39, 0.29) is 21.9 Å². The van der Waals surface area contributed by atoms with Crippen molar-refractivity contribution in [2.45, 2.75) is 20.8 Å². The number of ether oxygens (including phenoxy) is 2. The van der Waals surface area contributed by atoms with Crippen molar-refractivity contribution in [2.75, 3.05) is 53.5 Å². The number of likely N-dealkylation sites (N-methyl/N-ethyl adjacent to an activating group) is 2.